The maximum atomic E-state index is 13.5. The Labute approximate surface area is 123 Å². The molecule has 1 aliphatic rings. The van der Waals surface area contributed by atoms with E-state index in [-0.39, 0.29) is 5.69 Å². The zero-order valence-electron chi connectivity index (χ0n) is 11.9. The van der Waals surface area contributed by atoms with Gasteiger partial charge in [-0.1, -0.05) is 25.3 Å². The normalized spacial score (nSPS) is 16.1. The van der Waals surface area contributed by atoms with Crippen molar-refractivity contribution in [3.63, 3.8) is 0 Å². The number of nitrogens with zero attached hydrogens (tertiary/aromatic N) is 2. The van der Waals surface area contributed by atoms with E-state index in [0.29, 0.717) is 12.6 Å². The minimum absolute atomic E-state index is 0.169. The van der Waals surface area contributed by atoms with Crippen LogP contribution < -0.4 is 5.32 Å². The fourth-order valence-corrected chi connectivity index (χ4v) is 2.85. The van der Waals surface area contributed by atoms with Crippen LogP contribution in [0.2, 0.25) is 0 Å². The molecular formula is C16H19F2N3. The highest BCUT2D eigenvalue weighted by Gasteiger charge is 2.16. The SMILES string of the molecule is Fc1cccc(NCc2ccn(C3CCCCC3)n2)c1F. The van der Waals surface area contributed by atoms with Crippen LogP contribution in [0.4, 0.5) is 14.5 Å². The summed E-state index contributed by atoms with van der Waals surface area (Å²) in [5, 5.41) is 7.43. The van der Waals surface area contributed by atoms with Gasteiger partial charge in [0.1, 0.15) is 0 Å². The largest absolute Gasteiger partial charge is 0.377 e. The Morgan fingerprint density at radius 2 is 1.95 bits per heavy atom. The minimum Gasteiger partial charge on any atom is -0.377 e. The number of rotatable bonds is 4. The third-order valence-corrected chi connectivity index (χ3v) is 4.02. The molecule has 1 saturated carbocycles. The van der Waals surface area contributed by atoms with E-state index in [0.717, 1.165) is 11.8 Å². The Morgan fingerprint density at radius 3 is 2.76 bits per heavy atom. The van der Waals surface area contributed by atoms with Gasteiger partial charge in [0.25, 0.3) is 0 Å². The van der Waals surface area contributed by atoms with Crippen molar-refractivity contribution in [1.82, 2.24) is 9.78 Å². The molecule has 3 rings (SSSR count). The van der Waals surface area contributed by atoms with Gasteiger partial charge in [0.05, 0.1) is 24.0 Å². The highest BCUT2D eigenvalue weighted by molar-refractivity contribution is 5.45. The first kappa shape index (κ1) is 14.0. The molecule has 0 amide bonds. The first-order valence-electron chi connectivity index (χ1n) is 7.46. The molecule has 1 aromatic heterocycles. The maximum Gasteiger partial charge on any atom is 0.181 e. The lowest BCUT2D eigenvalue weighted by Gasteiger charge is -2.21. The van der Waals surface area contributed by atoms with Gasteiger partial charge in [-0.2, -0.15) is 5.10 Å². The molecule has 5 heteroatoms. The van der Waals surface area contributed by atoms with Crippen molar-refractivity contribution in [2.24, 2.45) is 0 Å². The van der Waals surface area contributed by atoms with Crippen molar-refractivity contribution in [3.8, 4) is 0 Å². The number of anilines is 1. The second-order valence-electron chi connectivity index (χ2n) is 5.53. The molecule has 21 heavy (non-hydrogen) atoms. The number of hydrogen-bond donors (Lipinski definition) is 1. The van der Waals surface area contributed by atoms with Gasteiger partial charge in [-0.3, -0.25) is 4.68 Å². The number of benzene rings is 1. The Morgan fingerprint density at radius 1 is 1.14 bits per heavy atom. The number of nitrogens with one attached hydrogen (secondary N) is 1. The molecule has 1 N–H and O–H groups in total. The van der Waals surface area contributed by atoms with Crippen LogP contribution in [0.1, 0.15) is 43.8 Å². The standard InChI is InChI=1S/C16H19F2N3/c17-14-7-4-8-15(16(14)18)19-11-12-9-10-21(20-12)13-5-2-1-3-6-13/h4,7-10,13,19H,1-3,5-6,11H2. The maximum absolute atomic E-state index is 13.5. The summed E-state index contributed by atoms with van der Waals surface area (Å²) >= 11 is 0. The first-order valence-corrected chi connectivity index (χ1v) is 7.46. The van der Waals surface area contributed by atoms with Crippen LogP contribution >= 0.6 is 0 Å². The van der Waals surface area contributed by atoms with Crippen LogP contribution in [-0.4, -0.2) is 9.78 Å². The average molecular weight is 291 g/mol. The Hall–Kier alpha value is -1.91. The molecule has 1 fully saturated rings. The Balaban J connectivity index is 1.63. The molecule has 0 unspecified atom stereocenters. The van der Waals surface area contributed by atoms with Crippen molar-refractivity contribution in [1.29, 1.82) is 0 Å². The third-order valence-electron chi connectivity index (χ3n) is 4.02. The second-order valence-corrected chi connectivity index (χ2v) is 5.53. The van der Waals surface area contributed by atoms with Crippen molar-refractivity contribution < 1.29 is 8.78 Å². The number of aromatic nitrogens is 2. The molecule has 3 nitrogen and oxygen atoms in total. The Bertz CT molecular complexity index is 603. The summed E-state index contributed by atoms with van der Waals surface area (Å²) in [6.07, 6.45) is 8.15. The van der Waals surface area contributed by atoms with Crippen LogP contribution in [0.3, 0.4) is 0 Å². The van der Waals surface area contributed by atoms with Gasteiger partial charge >= 0.3 is 0 Å². The summed E-state index contributed by atoms with van der Waals surface area (Å²) in [4.78, 5) is 0. The Kier molecular flexibility index (Phi) is 4.18. The van der Waals surface area contributed by atoms with Gasteiger partial charge in [-0.05, 0) is 31.0 Å². The highest BCUT2D eigenvalue weighted by Crippen LogP contribution is 2.27. The molecule has 1 aliphatic carbocycles. The van der Waals surface area contributed by atoms with E-state index in [2.05, 4.69) is 10.4 Å². The van der Waals surface area contributed by atoms with Crippen molar-refractivity contribution in [3.05, 3.63) is 47.8 Å². The van der Waals surface area contributed by atoms with E-state index >= 15 is 0 Å². The predicted molar refractivity (Wildman–Crippen MR) is 78.0 cm³/mol. The summed E-state index contributed by atoms with van der Waals surface area (Å²) in [5.74, 6) is -1.68. The van der Waals surface area contributed by atoms with Crippen LogP contribution in [-0.2, 0) is 6.54 Å². The fraction of sp³-hybridized carbons (Fsp3) is 0.438. The minimum atomic E-state index is -0.843. The lowest BCUT2D eigenvalue weighted by Crippen LogP contribution is -2.14. The quantitative estimate of drug-likeness (QED) is 0.911. The van der Waals surface area contributed by atoms with Crippen molar-refractivity contribution >= 4 is 5.69 Å². The number of hydrogen-bond acceptors (Lipinski definition) is 2. The van der Waals surface area contributed by atoms with Crippen LogP contribution in [0.5, 0.6) is 0 Å². The smallest absolute Gasteiger partial charge is 0.181 e. The molecule has 0 bridgehead atoms. The zero-order valence-corrected chi connectivity index (χ0v) is 11.9. The molecule has 0 aliphatic heterocycles. The molecule has 0 atom stereocenters. The van der Waals surface area contributed by atoms with Crippen molar-refractivity contribution in [2.45, 2.75) is 44.7 Å². The second kappa shape index (κ2) is 6.24. The van der Waals surface area contributed by atoms with Gasteiger partial charge < -0.3 is 5.32 Å². The van der Waals surface area contributed by atoms with Crippen LogP contribution in [0.25, 0.3) is 0 Å². The van der Waals surface area contributed by atoms with Crippen LogP contribution in [0, 0.1) is 11.6 Å². The zero-order chi connectivity index (χ0) is 14.7. The molecule has 1 heterocycles. The molecule has 2 aromatic rings. The van der Waals surface area contributed by atoms with Crippen LogP contribution in [0.15, 0.2) is 30.5 Å². The molecule has 0 spiro atoms. The first-order chi connectivity index (χ1) is 10.2. The van der Waals surface area contributed by atoms with Gasteiger partial charge in [-0.25, -0.2) is 8.78 Å². The summed E-state index contributed by atoms with van der Waals surface area (Å²) in [6, 6.07) is 6.54. The van der Waals surface area contributed by atoms with Gasteiger partial charge in [0.15, 0.2) is 11.6 Å². The lowest BCUT2D eigenvalue weighted by molar-refractivity contribution is 0.328. The summed E-state index contributed by atoms with van der Waals surface area (Å²) in [7, 11) is 0. The summed E-state index contributed by atoms with van der Waals surface area (Å²) in [5.41, 5.74) is 1.01. The van der Waals surface area contributed by atoms with E-state index in [9.17, 15) is 8.78 Å². The molecule has 1 aromatic carbocycles. The van der Waals surface area contributed by atoms with E-state index in [1.165, 1.54) is 44.2 Å². The molecular weight excluding hydrogens is 272 g/mol. The summed E-state index contributed by atoms with van der Waals surface area (Å²) < 4.78 is 28.7. The number of halogens is 2. The van der Waals surface area contributed by atoms with E-state index in [4.69, 9.17) is 0 Å². The van der Waals surface area contributed by atoms with Gasteiger partial charge in [0, 0.05) is 6.20 Å². The average Bonchev–Trinajstić information content (AvgIpc) is 2.99. The highest BCUT2D eigenvalue weighted by atomic mass is 19.2. The fourth-order valence-electron chi connectivity index (χ4n) is 2.85. The van der Waals surface area contributed by atoms with Gasteiger partial charge in [-0.15, -0.1) is 0 Å². The van der Waals surface area contributed by atoms with E-state index < -0.39 is 11.6 Å². The third kappa shape index (κ3) is 3.23. The molecule has 112 valence electrons. The predicted octanol–water partition coefficient (Wildman–Crippen LogP) is 4.28. The molecule has 0 saturated heterocycles. The summed E-state index contributed by atoms with van der Waals surface area (Å²) in [6.45, 7) is 0.389. The topological polar surface area (TPSA) is 29.9 Å². The van der Waals surface area contributed by atoms with Gasteiger partial charge in [0.2, 0.25) is 0 Å². The van der Waals surface area contributed by atoms with E-state index in [1.54, 1.807) is 0 Å². The lowest BCUT2D eigenvalue weighted by atomic mass is 9.96. The van der Waals surface area contributed by atoms with E-state index in [1.807, 2.05) is 16.9 Å². The molecule has 0 radical (unpaired) electrons. The monoisotopic (exact) mass is 291 g/mol. The van der Waals surface area contributed by atoms with Crippen molar-refractivity contribution in [2.75, 3.05) is 5.32 Å².